The quantitative estimate of drug-likeness (QED) is 0.737. The Kier molecular flexibility index (Phi) is 4.36. The molecule has 0 bridgehead atoms. The number of hydrogen-bond acceptors (Lipinski definition) is 3. The molecule has 0 aliphatic rings. The number of rotatable bonds is 4. The topological polar surface area (TPSA) is 63.4 Å². The summed E-state index contributed by atoms with van der Waals surface area (Å²) in [7, 11) is 3.15. The highest BCUT2D eigenvalue weighted by Crippen LogP contribution is 2.30. The molecule has 3 rings (SSSR count). The van der Waals surface area contributed by atoms with Crippen LogP contribution in [0.5, 0.6) is 11.5 Å². The summed E-state index contributed by atoms with van der Waals surface area (Å²) in [5.74, 6) is 1.03. The maximum Gasteiger partial charge on any atom is 0.272 e. The summed E-state index contributed by atoms with van der Waals surface area (Å²) in [4.78, 5) is 15.8. The maximum absolute atomic E-state index is 12.7. The summed E-state index contributed by atoms with van der Waals surface area (Å²) in [6, 6.07) is 10.7. The van der Waals surface area contributed by atoms with Crippen LogP contribution in [0.1, 0.15) is 16.1 Å². The zero-order valence-corrected chi connectivity index (χ0v) is 14.3. The number of carbonyl (C=O) groups excluding carboxylic acids is 1. The fraction of sp³-hybridized carbons (Fsp3) is 0.167. The fourth-order valence-corrected chi connectivity index (χ4v) is 2.79. The van der Waals surface area contributed by atoms with Gasteiger partial charge >= 0.3 is 0 Å². The van der Waals surface area contributed by atoms with E-state index < -0.39 is 0 Å². The Morgan fingerprint density at radius 1 is 1.12 bits per heavy atom. The molecular formula is C18H17ClN2O3. The van der Waals surface area contributed by atoms with Gasteiger partial charge < -0.3 is 19.8 Å². The molecule has 0 saturated carbocycles. The lowest BCUT2D eigenvalue weighted by atomic mass is 10.1. The summed E-state index contributed by atoms with van der Waals surface area (Å²) in [6.07, 6.45) is 0. The predicted octanol–water partition coefficient (Wildman–Crippen LogP) is 4.40. The molecule has 0 unspecified atom stereocenters. The van der Waals surface area contributed by atoms with Crippen molar-refractivity contribution in [2.75, 3.05) is 19.5 Å². The van der Waals surface area contributed by atoms with Crippen LogP contribution in [0.25, 0.3) is 10.9 Å². The van der Waals surface area contributed by atoms with Gasteiger partial charge in [-0.05, 0) is 48.9 Å². The number of H-pyrrole nitrogens is 1. The van der Waals surface area contributed by atoms with E-state index in [0.717, 1.165) is 22.2 Å². The Labute approximate surface area is 144 Å². The van der Waals surface area contributed by atoms with Gasteiger partial charge in [0.2, 0.25) is 0 Å². The van der Waals surface area contributed by atoms with Crippen molar-refractivity contribution < 1.29 is 14.3 Å². The number of methoxy groups -OCH3 is 2. The number of amides is 1. The van der Waals surface area contributed by atoms with Gasteiger partial charge in [-0.25, -0.2) is 0 Å². The van der Waals surface area contributed by atoms with Crippen LogP contribution in [0.2, 0.25) is 5.02 Å². The molecule has 0 radical (unpaired) electrons. The lowest BCUT2D eigenvalue weighted by Crippen LogP contribution is -2.14. The molecule has 6 heteroatoms. The smallest absolute Gasteiger partial charge is 0.272 e. The molecule has 24 heavy (non-hydrogen) atoms. The normalized spacial score (nSPS) is 10.7. The van der Waals surface area contributed by atoms with Gasteiger partial charge in [0.15, 0.2) is 0 Å². The number of anilines is 1. The van der Waals surface area contributed by atoms with Crippen molar-refractivity contribution in [1.29, 1.82) is 0 Å². The van der Waals surface area contributed by atoms with Crippen molar-refractivity contribution in [3.05, 3.63) is 52.7 Å². The second-order valence-electron chi connectivity index (χ2n) is 5.34. The summed E-state index contributed by atoms with van der Waals surface area (Å²) >= 11 is 6.00. The van der Waals surface area contributed by atoms with Gasteiger partial charge in [0.25, 0.3) is 5.91 Å². The first-order chi connectivity index (χ1) is 11.5. The van der Waals surface area contributed by atoms with Crippen molar-refractivity contribution in [3.8, 4) is 11.5 Å². The van der Waals surface area contributed by atoms with Crippen LogP contribution in [0.4, 0.5) is 5.69 Å². The molecular weight excluding hydrogens is 328 g/mol. The van der Waals surface area contributed by atoms with Crippen molar-refractivity contribution >= 4 is 34.1 Å². The standard InChI is InChI=1S/C18H17ClN2O3/c1-10-13-9-12(23-2)5-6-14(13)20-17(10)18(22)21-15-8-11(19)4-7-16(15)24-3/h4-9,20H,1-3H3,(H,21,22). The Morgan fingerprint density at radius 3 is 2.62 bits per heavy atom. The number of carbonyl (C=O) groups is 1. The van der Waals surface area contributed by atoms with Gasteiger partial charge in [-0.15, -0.1) is 0 Å². The third-order valence-corrected chi connectivity index (χ3v) is 4.14. The fourth-order valence-electron chi connectivity index (χ4n) is 2.62. The second kappa shape index (κ2) is 6.45. The number of fused-ring (bicyclic) bond motifs is 1. The largest absolute Gasteiger partial charge is 0.497 e. The first-order valence-electron chi connectivity index (χ1n) is 7.34. The summed E-state index contributed by atoms with van der Waals surface area (Å²) in [5, 5.41) is 4.30. The summed E-state index contributed by atoms with van der Waals surface area (Å²) < 4.78 is 10.5. The lowest BCUT2D eigenvalue weighted by Gasteiger charge is -2.10. The van der Waals surface area contributed by atoms with Crippen molar-refractivity contribution in [3.63, 3.8) is 0 Å². The van der Waals surface area contributed by atoms with Crippen LogP contribution in [-0.2, 0) is 0 Å². The molecule has 0 aliphatic carbocycles. The molecule has 2 N–H and O–H groups in total. The molecule has 1 aromatic heterocycles. The number of aryl methyl sites for hydroxylation is 1. The number of nitrogens with one attached hydrogen (secondary N) is 2. The average Bonchev–Trinajstić information content (AvgIpc) is 2.91. The van der Waals surface area contributed by atoms with E-state index in [1.54, 1.807) is 32.4 Å². The van der Waals surface area contributed by atoms with Crippen molar-refractivity contribution in [2.24, 2.45) is 0 Å². The van der Waals surface area contributed by atoms with E-state index in [1.165, 1.54) is 0 Å². The molecule has 2 aromatic carbocycles. The molecule has 1 amide bonds. The van der Waals surface area contributed by atoms with E-state index in [1.807, 2.05) is 25.1 Å². The number of halogens is 1. The minimum Gasteiger partial charge on any atom is -0.497 e. The summed E-state index contributed by atoms with van der Waals surface area (Å²) in [6.45, 7) is 1.89. The molecule has 0 fully saturated rings. The van der Waals surface area contributed by atoms with Gasteiger partial charge in [-0.1, -0.05) is 11.6 Å². The van der Waals surface area contributed by atoms with Gasteiger partial charge in [0.05, 0.1) is 19.9 Å². The molecule has 3 aromatic rings. The molecule has 0 saturated heterocycles. The third kappa shape index (κ3) is 2.90. The highest BCUT2D eigenvalue weighted by molar-refractivity contribution is 6.31. The molecule has 1 heterocycles. The van der Waals surface area contributed by atoms with E-state index in [2.05, 4.69) is 10.3 Å². The maximum atomic E-state index is 12.7. The van der Waals surface area contributed by atoms with Crippen LogP contribution in [0, 0.1) is 6.92 Å². The van der Waals surface area contributed by atoms with Gasteiger partial charge in [0.1, 0.15) is 17.2 Å². The number of ether oxygens (including phenoxy) is 2. The second-order valence-corrected chi connectivity index (χ2v) is 5.77. The van der Waals surface area contributed by atoms with Crippen LogP contribution in [0.3, 0.4) is 0 Å². The van der Waals surface area contributed by atoms with E-state index in [4.69, 9.17) is 21.1 Å². The molecule has 0 spiro atoms. The number of hydrogen-bond donors (Lipinski definition) is 2. The number of aromatic nitrogens is 1. The van der Waals surface area contributed by atoms with E-state index in [-0.39, 0.29) is 5.91 Å². The van der Waals surface area contributed by atoms with Crippen LogP contribution in [-0.4, -0.2) is 25.1 Å². The SMILES string of the molecule is COc1ccc2[nH]c(C(=O)Nc3cc(Cl)ccc3OC)c(C)c2c1. The minimum absolute atomic E-state index is 0.261. The van der Waals surface area contributed by atoms with Crippen LogP contribution in [0.15, 0.2) is 36.4 Å². The highest BCUT2D eigenvalue weighted by Gasteiger charge is 2.17. The monoisotopic (exact) mass is 344 g/mol. The molecule has 0 atom stereocenters. The molecule has 0 aliphatic heterocycles. The average molecular weight is 345 g/mol. The Balaban J connectivity index is 1.97. The Hall–Kier alpha value is -2.66. The van der Waals surface area contributed by atoms with E-state index >= 15 is 0 Å². The first-order valence-corrected chi connectivity index (χ1v) is 7.72. The van der Waals surface area contributed by atoms with Crippen molar-refractivity contribution in [1.82, 2.24) is 4.98 Å². The van der Waals surface area contributed by atoms with E-state index in [9.17, 15) is 4.79 Å². The Morgan fingerprint density at radius 2 is 1.92 bits per heavy atom. The van der Waals surface area contributed by atoms with Gasteiger partial charge in [-0.2, -0.15) is 0 Å². The molecule has 124 valence electrons. The van der Waals surface area contributed by atoms with Crippen LogP contribution < -0.4 is 14.8 Å². The van der Waals surface area contributed by atoms with Gasteiger partial charge in [-0.3, -0.25) is 4.79 Å². The predicted molar refractivity (Wildman–Crippen MR) is 95.5 cm³/mol. The number of benzene rings is 2. The summed E-state index contributed by atoms with van der Waals surface area (Å²) in [5.41, 5.74) is 2.73. The van der Waals surface area contributed by atoms with E-state index in [0.29, 0.717) is 22.2 Å². The lowest BCUT2D eigenvalue weighted by molar-refractivity contribution is 0.102. The van der Waals surface area contributed by atoms with Gasteiger partial charge in [0, 0.05) is 15.9 Å². The zero-order valence-electron chi connectivity index (χ0n) is 13.6. The zero-order chi connectivity index (χ0) is 17.3. The first kappa shape index (κ1) is 16.2. The highest BCUT2D eigenvalue weighted by atomic mass is 35.5. The number of aromatic amines is 1. The third-order valence-electron chi connectivity index (χ3n) is 3.90. The Bertz CT molecular complexity index is 918. The van der Waals surface area contributed by atoms with Crippen molar-refractivity contribution in [2.45, 2.75) is 6.92 Å². The molecule has 5 nitrogen and oxygen atoms in total. The minimum atomic E-state index is -0.261. The van der Waals surface area contributed by atoms with Crippen LogP contribution >= 0.6 is 11.6 Å².